The molecule has 20 heavy (non-hydrogen) atoms. The van der Waals surface area contributed by atoms with Crippen molar-refractivity contribution >= 4 is 17.8 Å². The predicted octanol–water partition coefficient (Wildman–Crippen LogP) is 1.62. The number of hydrogen-bond acceptors (Lipinski definition) is 4. The Kier molecular flexibility index (Phi) is 7.04. The van der Waals surface area contributed by atoms with E-state index in [1.165, 1.54) is 0 Å². The molecule has 0 aliphatic carbocycles. The molecule has 0 aromatic carbocycles. The summed E-state index contributed by atoms with van der Waals surface area (Å²) in [6.07, 6.45) is 4.86. The SMILES string of the molecule is CCCCCCCC(OC(=O)[C@@H]1CCC(=O)N1)C(=O)O. The molecule has 1 amide bonds. The van der Waals surface area contributed by atoms with Crippen molar-refractivity contribution in [3.8, 4) is 0 Å². The van der Waals surface area contributed by atoms with Crippen molar-refractivity contribution < 1.29 is 24.2 Å². The van der Waals surface area contributed by atoms with Crippen molar-refractivity contribution in [3.05, 3.63) is 0 Å². The Morgan fingerprint density at radius 1 is 1.35 bits per heavy atom. The van der Waals surface area contributed by atoms with Crippen LogP contribution in [-0.4, -0.2) is 35.1 Å². The highest BCUT2D eigenvalue weighted by Gasteiger charge is 2.31. The van der Waals surface area contributed by atoms with E-state index in [1.54, 1.807) is 0 Å². The van der Waals surface area contributed by atoms with Crippen molar-refractivity contribution in [2.24, 2.45) is 0 Å². The molecule has 0 saturated carbocycles. The van der Waals surface area contributed by atoms with Crippen LogP contribution in [0.4, 0.5) is 0 Å². The van der Waals surface area contributed by atoms with E-state index in [-0.39, 0.29) is 12.3 Å². The second-order valence-electron chi connectivity index (χ2n) is 5.13. The number of nitrogens with one attached hydrogen (secondary N) is 1. The van der Waals surface area contributed by atoms with Crippen LogP contribution in [0.5, 0.6) is 0 Å². The second-order valence-corrected chi connectivity index (χ2v) is 5.13. The smallest absolute Gasteiger partial charge is 0.345 e. The summed E-state index contributed by atoms with van der Waals surface area (Å²) in [5, 5.41) is 11.5. The van der Waals surface area contributed by atoms with Gasteiger partial charge in [-0.2, -0.15) is 0 Å². The van der Waals surface area contributed by atoms with Gasteiger partial charge in [-0.1, -0.05) is 32.6 Å². The molecule has 1 rings (SSSR count). The van der Waals surface area contributed by atoms with Crippen LogP contribution >= 0.6 is 0 Å². The largest absolute Gasteiger partial charge is 0.479 e. The van der Waals surface area contributed by atoms with E-state index in [1.807, 2.05) is 0 Å². The fourth-order valence-corrected chi connectivity index (χ4v) is 2.18. The highest BCUT2D eigenvalue weighted by molar-refractivity contribution is 5.89. The van der Waals surface area contributed by atoms with E-state index in [2.05, 4.69) is 12.2 Å². The van der Waals surface area contributed by atoms with Gasteiger partial charge in [-0.3, -0.25) is 4.79 Å². The molecule has 1 aliphatic rings. The average Bonchev–Trinajstić information content (AvgIpc) is 2.83. The lowest BCUT2D eigenvalue weighted by atomic mass is 10.1. The third-order valence-electron chi connectivity index (χ3n) is 3.38. The van der Waals surface area contributed by atoms with Gasteiger partial charge < -0.3 is 15.2 Å². The molecule has 6 heteroatoms. The molecule has 0 aromatic heterocycles. The number of aliphatic carboxylic acids is 1. The standard InChI is InChI=1S/C14H23NO5/c1-2-3-4-5-6-7-11(13(17)18)20-14(19)10-8-9-12(16)15-10/h10-11H,2-9H2,1H3,(H,15,16)(H,17,18)/t10-,11?/m0/s1. The van der Waals surface area contributed by atoms with Crippen molar-refractivity contribution in [3.63, 3.8) is 0 Å². The number of carbonyl (C=O) groups is 3. The summed E-state index contributed by atoms with van der Waals surface area (Å²) < 4.78 is 5.00. The fraction of sp³-hybridized carbons (Fsp3) is 0.786. The molecular weight excluding hydrogens is 262 g/mol. The van der Waals surface area contributed by atoms with Crippen LogP contribution in [-0.2, 0) is 19.1 Å². The molecule has 114 valence electrons. The van der Waals surface area contributed by atoms with Crippen LogP contribution in [0.25, 0.3) is 0 Å². The minimum atomic E-state index is -1.13. The molecule has 1 heterocycles. The van der Waals surface area contributed by atoms with Gasteiger partial charge in [0.25, 0.3) is 0 Å². The van der Waals surface area contributed by atoms with E-state index < -0.39 is 24.1 Å². The van der Waals surface area contributed by atoms with E-state index in [0.717, 1.165) is 32.1 Å². The molecule has 2 atom stereocenters. The van der Waals surface area contributed by atoms with Gasteiger partial charge in [0.1, 0.15) is 6.04 Å². The zero-order valence-electron chi connectivity index (χ0n) is 11.9. The molecule has 6 nitrogen and oxygen atoms in total. The maximum Gasteiger partial charge on any atom is 0.345 e. The van der Waals surface area contributed by atoms with Gasteiger partial charge in [-0.05, 0) is 19.3 Å². The highest BCUT2D eigenvalue weighted by atomic mass is 16.6. The third-order valence-corrected chi connectivity index (χ3v) is 3.38. The van der Waals surface area contributed by atoms with Crippen LogP contribution in [0.3, 0.4) is 0 Å². The van der Waals surface area contributed by atoms with Gasteiger partial charge >= 0.3 is 11.9 Å². The highest BCUT2D eigenvalue weighted by Crippen LogP contribution is 2.13. The lowest BCUT2D eigenvalue weighted by Crippen LogP contribution is -2.38. The first kappa shape index (κ1) is 16.5. The summed E-state index contributed by atoms with van der Waals surface area (Å²) in [6.45, 7) is 2.11. The quantitative estimate of drug-likeness (QED) is 0.496. The number of carbonyl (C=O) groups excluding carboxylic acids is 2. The number of esters is 1. The van der Waals surface area contributed by atoms with E-state index in [4.69, 9.17) is 9.84 Å². The first-order chi connectivity index (χ1) is 9.54. The Morgan fingerprint density at radius 2 is 2.05 bits per heavy atom. The van der Waals surface area contributed by atoms with Crippen molar-refractivity contribution in [2.75, 3.05) is 0 Å². The van der Waals surface area contributed by atoms with Crippen molar-refractivity contribution in [2.45, 2.75) is 70.4 Å². The summed E-state index contributed by atoms with van der Waals surface area (Å²) in [5.74, 6) is -1.96. The van der Waals surface area contributed by atoms with Gasteiger partial charge in [0.15, 0.2) is 6.10 Å². The van der Waals surface area contributed by atoms with Crippen LogP contribution < -0.4 is 5.32 Å². The van der Waals surface area contributed by atoms with Crippen LogP contribution in [0.15, 0.2) is 0 Å². The van der Waals surface area contributed by atoms with Gasteiger partial charge in [0, 0.05) is 6.42 Å². The van der Waals surface area contributed by atoms with E-state index in [0.29, 0.717) is 12.8 Å². The second kappa shape index (κ2) is 8.55. The van der Waals surface area contributed by atoms with Gasteiger partial charge in [-0.15, -0.1) is 0 Å². The molecule has 0 aromatic rings. The summed E-state index contributed by atoms with van der Waals surface area (Å²) in [6, 6.07) is -0.690. The first-order valence-electron chi connectivity index (χ1n) is 7.27. The lowest BCUT2D eigenvalue weighted by Gasteiger charge is -2.16. The van der Waals surface area contributed by atoms with Gasteiger partial charge in [-0.25, -0.2) is 9.59 Å². The fourth-order valence-electron chi connectivity index (χ4n) is 2.18. The van der Waals surface area contributed by atoms with Crippen molar-refractivity contribution in [1.82, 2.24) is 5.32 Å². The molecular formula is C14H23NO5. The maximum absolute atomic E-state index is 11.7. The van der Waals surface area contributed by atoms with Crippen LogP contribution in [0.1, 0.15) is 58.3 Å². The molecule has 1 saturated heterocycles. The maximum atomic E-state index is 11.7. The summed E-state index contributed by atoms with van der Waals surface area (Å²) >= 11 is 0. The Morgan fingerprint density at radius 3 is 2.60 bits per heavy atom. The lowest BCUT2D eigenvalue weighted by molar-refractivity contribution is -0.165. The average molecular weight is 285 g/mol. The molecule has 2 N–H and O–H groups in total. The normalized spacial score (nSPS) is 19.4. The van der Waals surface area contributed by atoms with Crippen LogP contribution in [0, 0.1) is 0 Å². The number of hydrogen-bond donors (Lipinski definition) is 2. The zero-order chi connectivity index (χ0) is 15.0. The van der Waals surface area contributed by atoms with E-state index in [9.17, 15) is 14.4 Å². The molecule has 0 bridgehead atoms. The Bertz CT molecular complexity index is 355. The van der Waals surface area contributed by atoms with Gasteiger partial charge in [0.2, 0.25) is 5.91 Å². The topological polar surface area (TPSA) is 92.7 Å². The van der Waals surface area contributed by atoms with E-state index >= 15 is 0 Å². The minimum Gasteiger partial charge on any atom is -0.479 e. The first-order valence-corrected chi connectivity index (χ1v) is 7.27. The molecule has 1 aliphatic heterocycles. The number of unbranched alkanes of at least 4 members (excludes halogenated alkanes) is 4. The monoisotopic (exact) mass is 285 g/mol. The number of amides is 1. The summed E-state index contributed by atoms with van der Waals surface area (Å²) in [7, 11) is 0. The van der Waals surface area contributed by atoms with Gasteiger partial charge in [0.05, 0.1) is 0 Å². The number of carboxylic acids is 1. The Hall–Kier alpha value is -1.59. The molecule has 0 spiro atoms. The molecule has 0 radical (unpaired) electrons. The number of ether oxygens (including phenoxy) is 1. The summed E-state index contributed by atoms with van der Waals surface area (Å²) in [4.78, 5) is 33.8. The minimum absolute atomic E-state index is 0.196. The Labute approximate surface area is 118 Å². The summed E-state index contributed by atoms with van der Waals surface area (Å²) in [5.41, 5.74) is 0. The molecule has 1 unspecified atom stereocenters. The zero-order valence-corrected chi connectivity index (χ0v) is 11.9. The molecule has 1 fully saturated rings. The third kappa shape index (κ3) is 5.59. The van der Waals surface area contributed by atoms with Crippen molar-refractivity contribution in [1.29, 1.82) is 0 Å². The number of carboxylic acid groups (broad SMARTS) is 1. The predicted molar refractivity (Wildman–Crippen MR) is 72.1 cm³/mol. The Balaban J connectivity index is 2.32. The number of rotatable bonds is 9. The van der Waals surface area contributed by atoms with Crippen LogP contribution in [0.2, 0.25) is 0 Å².